The predicted molar refractivity (Wildman–Crippen MR) is 280 cm³/mol. The molecule has 380 valence electrons. The van der Waals surface area contributed by atoms with Crippen molar-refractivity contribution in [3.05, 3.63) is 118 Å². The second-order valence-electron chi connectivity index (χ2n) is 19.5. The van der Waals surface area contributed by atoms with Gasteiger partial charge in [0, 0.05) is 69.4 Å². The van der Waals surface area contributed by atoms with E-state index in [0.717, 1.165) is 43.8 Å². The zero-order valence-electron chi connectivity index (χ0n) is 42.2. The molecule has 0 spiro atoms. The van der Waals surface area contributed by atoms with Gasteiger partial charge in [-0.25, -0.2) is 9.78 Å². The van der Waals surface area contributed by atoms with Gasteiger partial charge in [0.25, 0.3) is 11.5 Å². The Morgan fingerprint density at radius 3 is 2.23 bits per heavy atom. The number of aryl methyl sites for hydroxylation is 1. The number of unbranched alkanes of at least 4 members (excludes halogenated alkanes) is 7. The van der Waals surface area contributed by atoms with Crippen LogP contribution in [0.3, 0.4) is 0 Å². The number of nitrogens with one attached hydrogen (secondary N) is 2. The van der Waals surface area contributed by atoms with Crippen molar-refractivity contribution in [2.24, 2.45) is 0 Å². The Hall–Kier alpha value is -5.96. The molecule has 2 atom stereocenters. The summed E-state index contributed by atoms with van der Waals surface area (Å²) < 4.78 is 24.9. The highest BCUT2D eigenvalue weighted by Gasteiger charge is 2.39. The quantitative estimate of drug-likeness (QED) is 0.0572. The molecule has 4 heterocycles. The van der Waals surface area contributed by atoms with Crippen LogP contribution >= 0.6 is 0 Å². The second-order valence-corrected chi connectivity index (χ2v) is 19.5. The van der Waals surface area contributed by atoms with E-state index in [1.165, 1.54) is 76.2 Å². The van der Waals surface area contributed by atoms with Crippen LogP contribution in [0.4, 0.5) is 10.5 Å². The number of methoxy groups -OCH3 is 1. The molecule has 14 nitrogen and oxygen atoms in total. The van der Waals surface area contributed by atoms with E-state index >= 15 is 0 Å². The van der Waals surface area contributed by atoms with E-state index in [0.29, 0.717) is 91.0 Å². The number of fused-ring (bicyclic) bond motifs is 3. The van der Waals surface area contributed by atoms with Crippen LogP contribution in [-0.4, -0.2) is 114 Å². The first kappa shape index (κ1) is 51.4. The van der Waals surface area contributed by atoms with Crippen molar-refractivity contribution in [1.82, 2.24) is 29.6 Å². The first-order valence-corrected chi connectivity index (χ1v) is 26.3. The van der Waals surface area contributed by atoms with Gasteiger partial charge in [0.05, 0.1) is 36.9 Å². The van der Waals surface area contributed by atoms with Gasteiger partial charge in [0.1, 0.15) is 29.2 Å². The average molecular weight is 970 g/mol. The lowest BCUT2D eigenvalue weighted by Crippen LogP contribution is -2.54. The lowest BCUT2D eigenvalue weighted by Gasteiger charge is -2.48. The standard InChI is InChI=1S/C57H75N7O7/c1-4-69-52-23-14-13-22-51(52)64-54(60-50-21-12-11-20-49(50)56(64)66)40-61-32-34-62(35-33-61)55(65)41-70-47-28-25-43(26-29-47)39-58-30-15-9-7-5-6-8-10-16-31-63-45-18-17-19-46(63)38-48(37-45)71-57(67)59-44-27-24-42(2)53(36-44)68-3/h11-14,20-29,36,45-46,48,58H,4-10,15-19,30-35,37-41H2,1-3H3,(H,59,67). The highest BCUT2D eigenvalue weighted by Crippen LogP contribution is 2.36. The van der Waals surface area contributed by atoms with E-state index < -0.39 is 0 Å². The number of benzene rings is 4. The molecular weight excluding hydrogens is 895 g/mol. The van der Waals surface area contributed by atoms with Crippen molar-refractivity contribution >= 4 is 28.6 Å². The molecule has 71 heavy (non-hydrogen) atoms. The second kappa shape index (κ2) is 25.9. The summed E-state index contributed by atoms with van der Waals surface area (Å²) in [6, 6.07) is 29.7. The molecule has 3 fully saturated rings. The molecule has 0 saturated carbocycles. The van der Waals surface area contributed by atoms with Gasteiger partial charge in [-0.3, -0.25) is 29.3 Å². The van der Waals surface area contributed by atoms with Crippen LogP contribution in [0.2, 0.25) is 0 Å². The van der Waals surface area contributed by atoms with Crippen molar-refractivity contribution in [2.45, 2.75) is 129 Å². The number of nitrogens with zero attached hydrogens (tertiary/aromatic N) is 5. The zero-order chi connectivity index (χ0) is 49.4. The molecule has 2 amide bonds. The van der Waals surface area contributed by atoms with Gasteiger partial charge >= 0.3 is 6.09 Å². The summed E-state index contributed by atoms with van der Waals surface area (Å²) in [6.45, 7) is 10.2. The van der Waals surface area contributed by atoms with Gasteiger partial charge in [0.15, 0.2) is 6.61 Å². The molecule has 3 aliphatic heterocycles. The molecule has 1 aromatic heterocycles. The monoisotopic (exact) mass is 970 g/mol. The van der Waals surface area contributed by atoms with Crippen molar-refractivity contribution < 1.29 is 28.5 Å². The summed E-state index contributed by atoms with van der Waals surface area (Å²) in [5.74, 6) is 2.67. The van der Waals surface area contributed by atoms with Crippen molar-refractivity contribution in [2.75, 3.05) is 64.9 Å². The number of piperidine rings is 2. The van der Waals surface area contributed by atoms with Crippen LogP contribution in [-0.2, 0) is 22.6 Å². The molecule has 3 aliphatic rings. The number of ether oxygens (including phenoxy) is 4. The molecule has 5 aromatic rings. The maximum absolute atomic E-state index is 13.9. The van der Waals surface area contributed by atoms with Gasteiger partial charge in [-0.05, 0) is 106 Å². The Balaban J connectivity index is 0.654. The minimum Gasteiger partial charge on any atom is -0.496 e. The van der Waals surface area contributed by atoms with Crippen molar-refractivity contribution in [1.29, 1.82) is 0 Å². The fraction of sp³-hybridized carbons (Fsp3) is 0.509. The molecule has 2 bridgehead atoms. The number of carbonyl (C=O) groups excluding carboxylic acids is 2. The van der Waals surface area contributed by atoms with E-state index in [1.54, 1.807) is 11.7 Å². The summed E-state index contributed by atoms with van der Waals surface area (Å²) in [4.78, 5) is 51.6. The molecule has 2 N–H and O–H groups in total. The predicted octanol–water partition coefficient (Wildman–Crippen LogP) is 9.67. The minimum atomic E-state index is -0.376. The van der Waals surface area contributed by atoms with Crippen LogP contribution in [0.1, 0.15) is 107 Å². The third-order valence-corrected chi connectivity index (χ3v) is 14.5. The summed E-state index contributed by atoms with van der Waals surface area (Å²) in [7, 11) is 1.64. The van der Waals surface area contributed by atoms with Crippen LogP contribution in [0.5, 0.6) is 17.2 Å². The maximum atomic E-state index is 13.9. The third kappa shape index (κ3) is 14.1. The number of carbonyl (C=O) groups is 2. The molecular formula is C57H75N7O7. The lowest BCUT2D eigenvalue weighted by molar-refractivity contribution is -0.135. The third-order valence-electron chi connectivity index (χ3n) is 14.5. The Kier molecular flexibility index (Phi) is 18.8. The summed E-state index contributed by atoms with van der Waals surface area (Å²) in [6.07, 6.45) is 15.2. The normalized spacial score (nSPS) is 18.3. The lowest BCUT2D eigenvalue weighted by atomic mass is 9.82. The Morgan fingerprint density at radius 2 is 1.48 bits per heavy atom. The molecule has 0 radical (unpaired) electrons. The Bertz CT molecular complexity index is 2550. The van der Waals surface area contributed by atoms with E-state index in [9.17, 15) is 14.4 Å². The van der Waals surface area contributed by atoms with Crippen LogP contribution in [0.25, 0.3) is 16.6 Å². The summed E-state index contributed by atoms with van der Waals surface area (Å²) in [5.41, 5.74) is 4.11. The van der Waals surface area contributed by atoms with E-state index in [4.69, 9.17) is 23.9 Å². The minimum absolute atomic E-state index is 0.00934. The van der Waals surface area contributed by atoms with E-state index in [-0.39, 0.29) is 30.3 Å². The number of aromatic nitrogens is 2. The number of amides is 2. The number of rotatable bonds is 24. The molecule has 2 unspecified atom stereocenters. The van der Waals surface area contributed by atoms with Gasteiger partial charge in [0.2, 0.25) is 0 Å². The fourth-order valence-corrected chi connectivity index (χ4v) is 10.7. The van der Waals surface area contributed by atoms with Gasteiger partial charge in [-0.15, -0.1) is 0 Å². The molecule has 0 aliphatic carbocycles. The highest BCUT2D eigenvalue weighted by atomic mass is 16.6. The Labute approximate surface area is 420 Å². The average Bonchev–Trinajstić information content (AvgIpc) is 3.37. The SMILES string of the molecule is CCOc1ccccc1-n1c(CN2CCN(C(=O)COc3ccc(CNCCCCCCCCCCN4C5CCCC4CC(OC(=O)Nc4ccc(C)c(OC)c4)C5)cc3)CC2)nc2ccccc2c1=O. The van der Waals surface area contributed by atoms with Crippen LogP contribution in [0, 0.1) is 6.92 Å². The molecule has 4 aromatic carbocycles. The van der Waals surface area contributed by atoms with Gasteiger partial charge < -0.3 is 29.2 Å². The molecule has 14 heteroatoms. The van der Waals surface area contributed by atoms with E-state index in [1.807, 2.05) is 97.6 Å². The number of hydrogen-bond donors (Lipinski definition) is 2. The first-order chi connectivity index (χ1) is 34.8. The summed E-state index contributed by atoms with van der Waals surface area (Å²) in [5, 5.41) is 7.04. The molecule has 8 rings (SSSR count). The van der Waals surface area contributed by atoms with Crippen molar-refractivity contribution in [3.63, 3.8) is 0 Å². The van der Waals surface area contributed by atoms with Gasteiger partial charge in [-0.2, -0.15) is 0 Å². The maximum Gasteiger partial charge on any atom is 0.411 e. The topological polar surface area (TPSA) is 140 Å². The Morgan fingerprint density at radius 1 is 0.775 bits per heavy atom. The zero-order valence-corrected chi connectivity index (χ0v) is 42.2. The van der Waals surface area contributed by atoms with Crippen LogP contribution in [0.15, 0.2) is 95.8 Å². The number of hydrogen-bond acceptors (Lipinski definition) is 11. The van der Waals surface area contributed by atoms with Crippen molar-refractivity contribution in [3.8, 4) is 22.9 Å². The summed E-state index contributed by atoms with van der Waals surface area (Å²) >= 11 is 0. The van der Waals surface area contributed by atoms with Gasteiger partial charge in [-0.1, -0.05) is 87.4 Å². The number of anilines is 1. The first-order valence-electron chi connectivity index (χ1n) is 26.3. The van der Waals surface area contributed by atoms with E-state index in [2.05, 4.69) is 32.6 Å². The largest absolute Gasteiger partial charge is 0.496 e. The number of para-hydroxylation sites is 3. The van der Waals surface area contributed by atoms with Crippen LogP contribution < -0.4 is 30.4 Å². The number of piperazine rings is 1. The molecule has 3 saturated heterocycles. The smallest absolute Gasteiger partial charge is 0.411 e. The fourth-order valence-electron chi connectivity index (χ4n) is 10.7. The highest BCUT2D eigenvalue weighted by molar-refractivity contribution is 5.85.